The Labute approximate surface area is 303 Å². The molecule has 1 aliphatic heterocycles. The lowest BCUT2D eigenvalue weighted by atomic mass is 9.95. The van der Waals surface area contributed by atoms with Gasteiger partial charge in [-0.25, -0.2) is 15.0 Å². The molecule has 3 heterocycles. The number of rotatable bonds is 5. The third-order valence-electron chi connectivity index (χ3n) is 10.5. The zero-order chi connectivity index (χ0) is 34.8. The van der Waals surface area contributed by atoms with Gasteiger partial charge in [0.05, 0.1) is 0 Å². The summed E-state index contributed by atoms with van der Waals surface area (Å²) in [5, 5.41) is 5.03. The molecule has 0 atom stereocenters. The molecule has 2 aromatic heterocycles. The van der Waals surface area contributed by atoms with Gasteiger partial charge in [-0.2, -0.15) is 0 Å². The molecule has 0 N–H and O–H groups in total. The fourth-order valence-electron chi connectivity index (χ4n) is 7.98. The zero-order valence-corrected chi connectivity index (χ0v) is 29.8. The number of nitrogens with zero attached hydrogens (tertiary/aromatic N) is 3. The van der Waals surface area contributed by atoms with Crippen molar-refractivity contribution in [1.29, 1.82) is 0 Å². The Morgan fingerprint density at radius 2 is 0.885 bits per heavy atom. The molecule has 10 rings (SSSR count). The van der Waals surface area contributed by atoms with E-state index in [2.05, 4.69) is 147 Å². The van der Waals surface area contributed by atoms with Crippen LogP contribution in [0, 0.1) is 0 Å². The van der Waals surface area contributed by atoms with Gasteiger partial charge in [-0.15, -0.1) is 0 Å². The van der Waals surface area contributed by atoms with E-state index < -0.39 is 8.07 Å². The zero-order valence-electron chi connectivity index (χ0n) is 28.8. The number of fused-ring (bicyclic) bond motifs is 6. The summed E-state index contributed by atoms with van der Waals surface area (Å²) in [6.45, 7) is 4.94. The van der Waals surface area contributed by atoms with Gasteiger partial charge in [-0.05, 0) is 86.2 Å². The molecule has 0 fully saturated rings. The first-order valence-electron chi connectivity index (χ1n) is 17.7. The molecular weight excluding hydrogens is 651 g/mol. The first kappa shape index (κ1) is 30.4. The highest BCUT2D eigenvalue weighted by Gasteiger charge is 2.39. The molecule has 0 saturated heterocycles. The molecule has 7 aromatic carbocycles. The van der Waals surface area contributed by atoms with Gasteiger partial charge in [0, 0.05) is 27.5 Å². The van der Waals surface area contributed by atoms with Crippen LogP contribution >= 0.6 is 0 Å². The van der Waals surface area contributed by atoms with Crippen LogP contribution in [-0.4, -0.2) is 23.0 Å². The highest BCUT2D eigenvalue weighted by molar-refractivity contribution is 7.04. The third kappa shape index (κ3) is 4.93. The van der Waals surface area contributed by atoms with Crippen molar-refractivity contribution in [2.45, 2.75) is 13.1 Å². The molecule has 0 unspecified atom stereocenters. The Morgan fingerprint density at radius 1 is 0.385 bits per heavy atom. The van der Waals surface area contributed by atoms with Crippen LogP contribution in [0.5, 0.6) is 0 Å². The Bertz CT molecular complexity index is 2810. The van der Waals surface area contributed by atoms with Crippen molar-refractivity contribution < 1.29 is 4.42 Å². The molecule has 0 amide bonds. The number of benzene rings is 7. The van der Waals surface area contributed by atoms with Crippen molar-refractivity contribution in [3.8, 4) is 67.5 Å². The van der Waals surface area contributed by atoms with E-state index in [-0.39, 0.29) is 0 Å². The van der Waals surface area contributed by atoms with Gasteiger partial charge in [0.2, 0.25) is 0 Å². The third-order valence-corrected chi connectivity index (χ3v) is 14.1. The van der Waals surface area contributed by atoms with E-state index in [1.54, 1.807) is 0 Å². The van der Waals surface area contributed by atoms with Crippen LogP contribution < -0.4 is 10.4 Å². The second-order valence-corrected chi connectivity index (χ2v) is 18.3. The molecule has 0 spiro atoms. The summed E-state index contributed by atoms with van der Waals surface area (Å²) < 4.78 is 6.31. The maximum atomic E-state index is 6.31. The van der Waals surface area contributed by atoms with Gasteiger partial charge in [0.1, 0.15) is 19.2 Å². The lowest BCUT2D eigenvalue weighted by Gasteiger charge is -2.23. The highest BCUT2D eigenvalue weighted by Crippen LogP contribution is 2.38. The van der Waals surface area contributed by atoms with E-state index in [1.165, 1.54) is 38.2 Å². The highest BCUT2D eigenvalue weighted by atomic mass is 28.3. The van der Waals surface area contributed by atoms with Crippen molar-refractivity contribution in [3.63, 3.8) is 0 Å². The SMILES string of the molecule is C[Si]1(C)c2ccccc2-c2cc(-c3nc(-c4ccccc4)nc(-c4ccc5oc6ccc(-c7ccccc7)cc6c5c4)n3)cc(-c3ccccc3)c21. The molecule has 0 aliphatic carbocycles. The summed E-state index contributed by atoms with van der Waals surface area (Å²) in [5.41, 5.74) is 11.9. The van der Waals surface area contributed by atoms with Gasteiger partial charge in [-0.3, -0.25) is 0 Å². The maximum Gasteiger partial charge on any atom is 0.164 e. The van der Waals surface area contributed by atoms with Gasteiger partial charge >= 0.3 is 0 Å². The standard InChI is InChI=1S/C47H33N3OSi/c1-52(2)43-21-13-12-20-36(43)40-29-35(28-37(44(40)52)31-16-8-4-9-17-31)47-49-45(32-18-10-5-11-19-32)48-46(50-47)34-23-25-42-39(27-34)38-26-33(22-24-41(38)51-42)30-14-6-3-7-15-30/h3-29H,1-2H3. The van der Waals surface area contributed by atoms with Gasteiger partial charge in [0.25, 0.3) is 0 Å². The fourth-order valence-corrected chi connectivity index (χ4v) is 11.4. The van der Waals surface area contributed by atoms with E-state index in [0.717, 1.165) is 44.2 Å². The minimum atomic E-state index is -1.99. The van der Waals surface area contributed by atoms with Crippen LogP contribution in [0.25, 0.3) is 89.5 Å². The van der Waals surface area contributed by atoms with E-state index in [9.17, 15) is 0 Å². The molecule has 4 nitrogen and oxygen atoms in total. The molecule has 1 aliphatic rings. The predicted molar refractivity (Wildman–Crippen MR) is 216 cm³/mol. The molecule has 0 saturated carbocycles. The maximum absolute atomic E-state index is 6.31. The summed E-state index contributed by atoms with van der Waals surface area (Å²) in [7, 11) is -1.99. The van der Waals surface area contributed by atoms with Crippen molar-refractivity contribution in [3.05, 3.63) is 164 Å². The topological polar surface area (TPSA) is 51.8 Å². The minimum Gasteiger partial charge on any atom is -0.456 e. The van der Waals surface area contributed by atoms with Crippen LogP contribution in [0.15, 0.2) is 168 Å². The van der Waals surface area contributed by atoms with Crippen LogP contribution in [0.2, 0.25) is 13.1 Å². The van der Waals surface area contributed by atoms with Crippen LogP contribution in [-0.2, 0) is 0 Å². The summed E-state index contributed by atoms with van der Waals surface area (Å²) in [4.78, 5) is 15.5. The van der Waals surface area contributed by atoms with Crippen molar-refractivity contribution in [2.24, 2.45) is 0 Å². The van der Waals surface area contributed by atoms with E-state index >= 15 is 0 Å². The molecule has 5 heteroatoms. The van der Waals surface area contributed by atoms with E-state index in [1.807, 2.05) is 30.3 Å². The van der Waals surface area contributed by atoms with Crippen molar-refractivity contribution >= 4 is 40.4 Å². The minimum absolute atomic E-state index is 0.621. The molecule has 0 bridgehead atoms. The fraction of sp³-hybridized carbons (Fsp3) is 0.0426. The normalized spacial score (nSPS) is 13.0. The Balaban J connectivity index is 1.19. The second kappa shape index (κ2) is 11.8. The smallest absolute Gasteiger partial charge is 0.164 e. The van der Waals surface area contributed by atoms with E-state index in [4.69, 9.17) is 19.4 Å². The average Bonchev–Trinajstić information content (AvgIpc) is 3.69. The number of furan rings is 1. The van der Waals surface area contributed by atoms with Gasteiger partial charge in [0.15, 0.2) is 17.5 Å². The summed E-state index contributed by atoms with van der Waals surface area (Å²) in [5.74, 6) is 1.91. The summed E-state index contributed by atoms with van der Waals surface area (Å²) >= 11 is 0. The molecule has 52 heavy (non-hydrogen) atoms. The first-order chi connectivity index (χ1) is 25.5. The largest absolute Gasteiger partial charge is 0.456 e. The van der Waals surface area contributed by atoms with Crippen molar-refractivity contribution in [1.82, 2.24) is 15.0 Å². The number of aromatic nitrogens is 3. The lowest BCUT2D eigenvalue weighted by Crippen LogP contribution is -2.50. The van der Waals surface area contributed by atoms with Crippen LogP contribution in [0.3, 0.4) is 0 Å². The molecular formula is C47H33N3OSi. The van der Waals surface area contributed by atoms with Crippen LogP contribution in [0.1, 0.15) is 0 Å². The average molecular weight is 684 g/mol. The van der Waals surface area contributed by atoms with Crippen LogP contribution in [0.4, 0.5) is 0 Å². The van der Waals surface area contributed by atoms with Gasteiger partial charge < -0.3 is 4.42 Å². The Hall–Kier alpha value is -6.43. The molecule has 9 aromatic rings. The lowest BCUT2D eigenvalue weighted by molar-refractivity contribution is 0.669. The number of hydrogen-bond acceptors (Lipinski definition) is 4. The summed E-state index contributed by atoms with van der Waals surface area (Å²) in [6, 6.07) is 57.6. The molecule has 246 valence electrons. The Morgan fingerprint density at radius 3 is 1.56 bits per heavy atom. The Kier molecular flexibility index (Phi) is 6.91. The monoisotopic (exact) mass is 683 g/mol. The second-order valence-electron chi connectivity index (χ2n) is 14.0. The molecule has 0 radical (unpaired) electrons. The first-order valence-corrected chi connectivity index (χ1v) is 20.7. The summed E-state index contributed by atoms with van der Waals surface area (Å²) in [6.07, 6.45) is 0. The van der Waals surface area contributed by atoms with Crippen molar-refractivity contribution in [2.75, 3.05) is 0 Å². The number of hydrogen-bond donors (Lipinski definition) is 0. The van der Waals surface area contributed by atoms with Gasteiger partial charge in [-0.1, -0.05) is 134 Å². The van der Waals surface area contributed by atoms with E-state index in [0.29, 0.717) is 17.5 Å². The quantitative estimate of drug-likeness (QED) is 0.169. The predicted octanol–water partition coefficient (Wildman–Crippen LogP) is 10.9.